The highest BCUT2D eigenvalue weighted by molar-refractivity contribution is 6.20. The number of aryl methyl sites for hydroxylation is 2. The topological polar surface area (TPSA) is 12.0 Å². The van der Waals surface area contributed by atoms with Crippen molar-refractivity contribution in [1.29, 1.82) is 0 Å². The third kappa shape index (κ3) is 4.54. The van der Waals surface area contributed by atoms with Gasteiger partial charge in [-0.25, -0.2) is 0 Å². The van der Waals surface area contributed by atoms with Crippen LogP contribution >= 0.6 is 11.6 Å². The first-order chi connectivity index (χ1) is 7.63. The van der Waals surface area contributed by atoms with E-state index in [1.54, 1.807) is 0 Å². The summed E-state index contributed by atoms with van der Waals surface area (Å²) in [5.41, 5.74) is 4.04. The van der Waals surface area contributed by atoms with Gasteiger partial charge in [0.05, 0.1) is 0 Å². The number of hydrogen-bond acceptors (Lipinski definition) is 1. The zero-order chi connectivity index (χ0) is 12.0. The monoisotopic (exact) mass is 239 g/mol. The third-order valence-electron chi connectivity index (χ3n) is 2.79. The SMILES string of the molecule is CCCC(Cl)CNCc1cc(C)ccc1C. The molecule has 0 aliphatic rings. The van der Waals surface area contributed by atoms with E-state index in [0.29, 0.717) is 0 Å². The van der Waals surface area contributed by atoms with E-state index in [0.717, 1.165) is 25.9 Å². The van der Waals surface area contributed by atoms with Crippen LogP contribution < -0.4 is 5.32 Å². The van der Waals surface area contributed by atoms with Crippen LogP contribution in [-0.2, 0) is 6.54 Å². The number of rotatable bonds is 6. The van der Waals surface area contributed by atoms with Gasteiger partial charge in [-0.05, 0) is 31.4 Å². The summed E-state index contributed by atoms with van der Waals surface area (Å²) < 4.78 is 0. The third-order valence-corrected chi connectivity index (χ3v) is 3.16. The molecule has 0 spiro atoms. The number of hydrogen-bond donors (Lipinski definition) is 1. The lowest BCUT2D eigenvalue weighted by molar-refractivity contribution is 0.622. The molecule has 0 amide bonds. The Morgan fingerprint density at radius 2 is 2.06 bits per heavy atom. The molecule has 1 atom stereocenters. The molecule has 1 N–H and O–H groups in total. The summed E-state index contributed by atoms with van der Waals surface area (Å²) in [6.07, 6.45) is 2.24. The van der Waals surface area contributed by atoms with Gasteiger partial charge >= 0.3 is 0 Å². The second-order valence-corrected chi connectivity index (χ2v) is 5.06. The Balaban J connectivity index is 2.39. The zero-order valence-corrected chi connectivity index (χ0v) is 11.3. The Labute approximate surface area is 104 Å². The van der Waals surface area contributed by atoms with Crippen LogP contribution in [0.4, 0.5) is 0 Å². The fourth-order valence-electron chi connectivity index (χ4n) is 1.77. The molecule has 0 aromatic heterocycles. The lowest BCUT2D eigenvalue weighted by Gasteiger charge is -2.11. The van der Waals surface area contributed by atoms with E-state index in [1.807, 2.05) is 0 Å². The quantitative estimate of drug-likeness (QED) is 0.745. The molecule has 2 heteroatoms. The van der Waals surface area contributed by atoms with Crippen molar-refractivity contribution in [2.45, 2.75) is 45.5 Å². The summed E-state index contributed by atoms with van der Waals surface area (Å²) in [6, 6.07) is 6.57. The van der Waals surface area contributed by atoms with Gasteiger partial charge in [-0.15, -0.1) is 11.6 Å². The number of halogens is 1. The molecule has 0 fully saturated rings. The van der Waals surface area contributed by atoms with Gasteiger partial charge in [-0.3, -0.25) is 0 Å². The predicted molar refractivity (Wildman–Crippen MR) is 72.2 cm³/mol. The highest BCUT2D eigenvalue weighted by atomic mass is 35.5. The highest BCUT2D eigenvalue weighted by Crippen LogP contribution is 2.10. The Hall–Kier alpha value is -0.530. The fourth-order valence-corrected chi connectivity index (χ4v) is 2.10. The Morgan fingerprint density at radius 3 is 2.75 bits per heavy atom. The minimum absolute atomic E-state index is 0.259. The van der Waals surface area contributed by atoms with Crippen LogP contribution in [0.15, 0.2) is 18.2 Å². The summed E-state index contributed by atoms with van der Waals surface area (Å²) in [5.74, 6) is 0. The van der Waals surface area contributed by atoms with Gasteiger partial charge in [0.2, 0.25) is 0 Å². The molecule has 0 saturated heterocycles. The molecular weight excluding hydrogens is 218 g/mol. The molecule has 0 aliphatic carbocycles. The molecule has 0 saturated carbocycles. The molecule has 16 heavy (non-hydrogen) atoms. The van der Waals surface area contributed by atoms with Crippen LogP contribution in [0, 0.1) is 13.8 Å². The molecule has 1 aromatic carbocycles. The summed E-state index contributed by atoms with van der Waals surface area (Å²) in [7, 11) is 0. The lowest BCUT2D eigenvalue weighted by atomic mass is 10.1. The fraction of sp³-hybridized carbons (Fsp3) is 0.571. The van der Waals surface area contributed by atoms with E-state index in [9.17, 15) is 0 Å². The average Bonchev–Trinajstić information content (AvgIpc) is 2.23. The van der Waals surface area contributed by atoms with Gasteiger partial charge in [0.1, 0.15) is 0 Å². The van der Waals surface area contributed by atoms with Crippen molar-refractivity contribution in [2.24, 2.45) is 0 Å². The molecular formula is C14H22ClN. The molecule has 1 unspecified atom stereocenters. The minimum atomic E-state index is 0.259. The predicted octanol–water partition coefficient (Wildman–Crippen LogP) is 3.80. The molecule has 0 radical (unpaired) electrons. The first-order valence-electron chi connectivity index (χ1n) is 6.04. The van der Waals surface area contributed by atoms with Gasteiger partial charge in [0.15, 0.2) is 0 Å². The highest BCUT2D eigenvalue weighted by Gasteiger charge is 2.03. The van der Waals surface area contributed by atoms with Gasteiger partial charge in [-0.2, -0.15) is 0 Å². The maximum absolute atomic E-state index is 6.16. The maximum Gasteiger partial charge on any atom is 0.0460 e. The summed E-state index contributed by atoms with van der Waals surface area (Å²) in [6.45, 7) is 8.26. The largest absolute Gasteiger partial charge is 0.311 e. The second kappa shape index (κ2) is 6.93. The van der Waals surface area contributed by atoms with Crippen molar-refractivity contribution in [3.8, 4) is 0 Å². The molecule has 0 bridgehead atoms. The molecule has 1 aromatic rings. The van der Waals surface area contributed by atoms with Crippen LogP contribution in [0.2, 0.25) is 0 Å². The van der Waals surface area contributed by atoms with E-state index < -0.39 is 0 Å². The Morgan fingerprint density at radius 1 is 1.31 bits per heavy atom. The van der Waals surface area contributed by atoms with Gasteiger partial charge in [-0.1, -0.05) is 37.1 Å². The normalized spacial score (nSPS) is 12.8. The first-order valence-corrected chi connectivity index (χ1v) is 6.48. The smallest absolute Gasteiger partial charge is 0.0460 e. The molecule has 1 nitrogen and oxygen atoms in total. The van der Waals surface area contributed by atoms with Crippen LogP contribution in [-0.4, -0.2) is 11.9 Å². The van der Waals surface area contributed by atoms with Crippen LogP contribution in [0.5, 0.6) is 0 Å². The van der Waals surface area contributed by atoms with Gasteiger partial charge in [0, 0.05) is 18.5 Å². The van der Waals surface area contributed by atoms with Crippen molar-refractivity contribution in [3.05, 3.63) is 34.9 Å². The molecule has 0 aliphatic heterocycles. The standard InChI is InChI=1S/C14H22ClN/c1-4-5-14(15)10-16-9-13-8-11(2)6-7-12(13)3/h6-8,14,16H,4-5,9-10H2,1-3H3. The van der Waals surface area contributed by atoms with E-state index in [-0.39, 0.29) is 5.38 Å². The van der Waals surface area contributed by atoms with E-state index in [2.05, 4.69) is 44.3 Å². The average molecular weight is 240 g/mol. The van der Waals surface area contributed by atoms with E-state index in [1.165, 1.54) is 16.7 Å². The summed E-state index contributed by atoms with van der Waals surface area (Å²) in [5, 5.41) is 3.68. The van der Waals surface area contributed by atoms with Gasteiger partial charge < -0.3 is 5.32 Å². The van der Waals surface area contributed by atoms with Crippen molar-refractivity contribution in [3.63, 3.8) is 0 Å². The zero-order valence-electron chi connectivity index (χ0n) is 10.5. The van der Waals surface area contributed by atoms with Crippen molar-refractivity contribution >= 4 is 11.6 Å². The van der Waals surface area contributed by atoms with E-state index >= 15 is 0 Å². The van der Waals surface area contributed by atoms with E-state index in [4.69, 9.17) is 11.6 Å². The second-order valence-electron chi connectivity index (χ2n) is 4.45. The Bertz CT molecular complexity index is 323. The molecule has 90 valence electrons. The van der Waals surface area contributed by atoms with Crippen LogP contribution in [0.25, 0.3) is 0 Å². The molecule has 0 heterocycles. The Kier molecular flexibility index (Phi) is 5.86. The maximum atomic E-state index is 6.16. The summed E-state index contributed by atoms with van der Waals surface area (Å²) >= 11 is 6.16. The van der Waals surface area contributed by atoms with Crippen LogP contribution in [0.3, 0.4) is 0 Å². The van der Waals surface area contributed by atoms with Crippen molar-refractivity contribution in [2.75, 3.05) is 6.54 Å². The number of benzene rings is 1. The summed E-state index contributed by atoms with van der Waals surface area (Å²) in [4.78, 5) is 0. The minimum Gasteiger partial charge on any atom is -0.311 e. The number of nitrogens with one attached hydrogen (secondary N) is 1. The first kappa shape index (κ1) is 13.5. The van der Waals surface area contributed by atoms with Gasteiger partial charge in [0.25, 0.3) is 0 Å². The van der Waals surface area contributed by atoms with Crippen molar-refractivity contribution < 1.29 is 0 Å². The van der Waals surface area contributed by atoms with Crippen LogP contribution in [0.1, 0.15) is 36.5 Å². The lowest BCUT2D eigenvalue weighted by Crippen LogP contribution is -2.23. The number of alkyl halides is 1. The van der Waals surface area contributed by atoms with Crippen molar-refractivity contribution in [1.82, 2.24) is 5.32 Å². The molecule has 1 rings (SSSR count).